The summed E-state index contributed by atoms with van der Waals surface area (Å²) in [5.41, 5.74) is 0.580. The van der Waals surface area contributed by atoms with Gasteiger partial charge in [-0.3, -0.25) is 9.59 Å². The topological polar surface area (TPSA) is 136 Å². The SMILES string of the molecule is CCCCOC(=O)Oc1ccc(C[C@H](NCCOC(=O)CCCC)C(=O)OC)cc1OC(=O)OCCCC. The second-order valence-electron chi connectivity index (χ2n) is 8.45. The summed E-state index contributed by atoms with van der Waals surface area (Å²) in [6.45, 7) is 6.61. The van der Waals surface area contributed by atoms with E-state index in [-0.39, 0.29) is 50.3 Å². The Bertz CT molecular complexity index is 873. The standard InChI is InChI=1S/C27H41NO10/c1-5-8-11-24(29)34-17-14-28-21(25(30)33-4)18-20-12-13-22(37-26(31)35-15-9-6-2)23(19-20)38-27(32)36-16-10-7-3/h12-13,19,21,28H,5-11,14-18H2,1-4H3/t21-/m0/s1. The molecule has 1 rings (SSSR count). The first-order chi connectivity index (χ1) is 18.3. The van der Waals surface area contributed by atoms with Crippen molar-refractivity contribution in [2.24, 2.45) is 0 Å². The first-order valence-electron chi connectivity index (χ1n) is 13.1. The zero-order valence-corrected chi connectivity index (χ0v) is 22.9. The molecule has 0 spiro atoms. The summed E-state index contributed by atoms with van der Waals surface area (Å²) in [6, 6.07) is 3.75. The fourth-order valence-corrected chi connectivity index (χ4v) is 3.09. The monoisotopic (exact) mass is 539 g/mol. The number of esters is 2. The molecule has 0 amide bonds. The third kappa shape index (κ3) is 13.8. The van der Waals surface area contributed by atoms with E-state index in [2.05, 4.69) is 5.32 Å². The minimum Gasteiger partial charge on any atom is -0.468 e. The van der Waals surface area contributed by atoms with Crippen molar-refractivity contribution in [2.75, 3.05) is 33.5 Å². The summed E-state index contributed by atoms with van der Waals surface area (Å²) in [7, 11) is 1.27. The van der Waals surface area contributed by atoms with E-state index in [0.717, 1.165) is 25.7 Å². The molecule has 0 unspecified atom stereocenters. The van der Waals surface area contributed by atoms with E-state index in [1.807, 2.05) is 20.8 Å². The molecule has 0 aliphatic heterocycles. The lowest BCUT2D eigenvalue weighted by Crippen LogP contribution is -2.41. The van der Waals surface area contributed by atoms with E-state index in [9.17, 15) is 19.2 Å². The van der Waals surface area contributed by atoms with Gasteiger partial charge in [0.1, 0.15) is 12.6 Å². The lowest BCUT2D eigenvalue weighted by Gasteiger charge is -2.18. The van der Waals surface area contributed by atoms with Crippen molar-refractivity contribution < 1.29 is 47.6 Å². The highest BCUT2D eigenvalue weighted by Gasteiger charge is 2.22. The maximum Gasteiger partial charge on any atom is 0.513 e. The van der Waals surface area contributed by atoms with E-state index < -0.39 is 24.3 Å². The summed E-state index contributed by atoms with van der Waals surface area (Å²) in [5.74, 6) is -0.919. The molecule has 0 aliphatic rings. The van der Waals surface area contributed by atoms with Crippen molar-refractivity contribution in [3.63, 3.8) is 0 Å². The van der Waals surface area contributed by atoms with Crippen molar-refractivity contribution in [2.45, 2.75) is 78.2 Å². The van der Waals surface area contributed by atoms with E-state index in [4.69, 9.17) is 28.4 Å². The van der Waals surface area contributed by atoms with Crippen LogP contribution in [0.5, 0.6) is 11.5 Å². The summed E-state index contributed by atoms with van der Waals surface area (Å²) in [5, 5.41) is 3.01. The van der Waals surface area contributed by atoms with Gasteiger partial charge in [-0.1, -0.05) is 46.1 Å². The number of carbonyl (C=O) groups excluding carboxylic acids is 4. The molecule has 0 fully saturated rings. The molecule has 1 aromatic carbocycles. The van der Waals surface area contributed by atoms with Crippen molar-refractivity contribution in [3.05, 3.63) is 23.8 Å². The van der Waals surface area contributed by atoms with Gasteiger partial charge in [-0.25, -0.2) is 9.59 Å². The van der Waals surface area contributed by atoms with E-state index in [0.29, 0.717) is 24.8 Å². The van der Waals surface area contributed by atoms with Gasteiger partial charge < -0.3 is 33.7 Å². The van der Waals surface area contributed by atoms with Crippen molar-refractivity contribution in [1.82, 2.24) is 5.32 Å². The van der Waals surface area contributed by atoms with Crippen LogP contribution in [-0.4, -0.2) is 63.8 Å². The van der Waals surface area contributed by atoms with Gasteiger partial charge in [0.15, 0.2) is 11.5 Å². The molecule has 1 N–H and O–H groups in total. The number of rotatable bonds is 18. The zero-order chi connectivity index (χ0) is 28.2. The molecule has 11 nitrogen and oxygen atoms in total. The van der Waals surface area contributed by atoms with Gasteiger partial charge in [0.2, 0.25) is 0 Å². The van der Waals surface area contributed by atoms with Gasteiger partial charge in [-0.2, -0.15) is 0 Å². The van der Waals surface area contributed by atoms with Crippen molar-refractivity contribution in [3.8, 4) is 11.5 Å². The summed E-state index contributed by atoms with van der Waals surface area (Å²) in [4.78, 5) is 48.3. The maximum absolute atomic E-state index is 12.3. The summed E-state index contributed by atoms with van der Waals surface area (Å²) >= 11 is 0. The first-order valence-corrected chi connectivity index (χ1v) is 13.1. The van der Waals surface area contributed by atoms with Crippen LogP contribution in [0.2, 0.25) is 0 Å². The Morgan fingerprint density at radius 3 is 1.97 bits per heavy atom. The van der Waals surface area contributed by atoms with Crippen LogP contribution in [0.25, 0.3) is 0 Å². The molecule has 0 heterocycles. The van der Waals surface area contributed by atoms with Crippen LogP contribution < -0.4 is 14.8 Å². The van der Waals surface area contributed by atoms with Crippen LogP contribution >= 0.6 is 0 Å². The number of hydrogen-bond acceptors (Lipinski definition) is 11. The molecule has 38 heavy (non-hydrogen) atoms. The molecule has 11 heteroatoms. The highest BCUT2D eigenvalue weighted by atomic mass is 16.7. The molecule has 0 bridgehead atoms. The minimum absolute atomic E-state index is 0.0377. The van der Waals surface area contributed by atoms with Crippen molar-refractivity contribution in [1.29, 1.82) is 0 Å². The number of ether oxygens (including phenoxy) is 6. The van der Waals surface area contributed by atoms with Crippen LogP contribution in [-0.2, 0) is 35.0 Å². The molecular weight excluding hydrogens is 498 g/mol. The van der Waals surface area contributed by atoms with E-state index in [1.54, 1.807) is 6.07 Å². The fraction of sp³-hybridized carbons (Fsp3) is 0.630. The lowest BCUT2D eigenvalue weighted by molar-refractivity contribution is -0.144. The molecule has 0 saturated carbocycles. The molecule has 0 aromatic heterocycles. The van der Waals surface area contributed by atoms with Gasteiger partial charge in [0, 0.05) is 13.0 Å². The Balaban J connectivity index is 2.93. The van der Waals surface area contributed by atoms with Gasteiger partial charge in [-0.05, 0) is 43.4 Å². The molecule has 0 aliphatic carbocycles. The van der Waals surface area contributed by atoms with Gasteiger partial charge in [-0.15, -0.1) is 0 Å². The molecule has 1 aromatic rings. The predicted octanol–water partition coefficient (Wildman–Crippen LogP) is 4.72. The molecule has 214 valence electrons. The average Bonchev–Trinajstić information content (AvgIpc) is 2.90. The number of nitrogens with one attached hydrogen (secondary N) is 1. The second kappa shape index (κ2) is 19.7. The van der Waals surface area contributed by atoms with Crippen LogP contribution in [0, 0.1) is 0 Å². The highest BCUT2D eigenvalue weighted by Crippen LogP contribution is 2.30. The minimum atomic E-state index is -0.952. The third-order valence-corrected chi connectivity index (χ3v) is 5.25. The van der Waals surface area contributed by atoms with Crippen LogP contribution in [0.1, 0.15) is 71.3 Å². The third-order valence-electron chi connectivity index (χ3n) is 5.25. The number of benzene rings is 1. The van der Waals surface area contributed by atoms with Crippen LogP contribution in [0.15, 0.2) is 18.2 Å². The molecular formula is C27H41NO10. The lowest BCUT2D eigenvalue weighted by atomic mass is 10.1. The van der Waals surface area contributed by atoms with E-state index in [1.165, 1.54) is 19.2 Å². The fourth-order valence-electron chi connectivity index (χ4n) is 3.09. The summed E-state index contributed by atoms with van der Waals surface area (Å²) in [6.07, 6.45) is 3.29. The normalized spacial score (nSPS) is 11.3. The number of carbonyl (C=O) groups is 4. The Morgan fingerprint density at radius 1 is 0.789 bits per heavy atom. The maximum atomic E-state index is 12.3. The van der Waals surface area contributed by atoms with Gasteiger partial charge in [0.25, 0.3) is 0 Å². The molecule has 0 radical (unpaired) electrons. The van der Waals surface area contributed by atoms with Crippen LogP contribution in [0.4, 0.5) is 9.59 Å². The first kappa shape index (κ1) is 32.7. The Morgan fingerprint density at radius 2 is 1.39 bits per heavy atom. The quantitative estimate of drug-likeness (QED) is 0.120. The Labute approximate surface area is 224 Å². The smallest absolute Gasteiger partial charge is 0.468 e. The number of hydrogen-bond donors (Lipinski definition) is 1. The molecule has 1 atom stereocenters. The number of methoxy groups -OCH3 is 1. The average molecular weight is 540 g/mol. The Kier molecular flexibility index (Phi) is 17.0. The van der Waals surface area contributed by atoms with Crippen molar-refractivity contribution >= 4 is 24.2 Å². The largest absolute Gasteiger partial charge is 0.513 e. The van der Waals surface area contributed by atoms with Gasteiger partial charge in [0.05, 0.1) is 20.3 Å². The zero-order valence-electron chi connectivity index (χ0n) is 22.9. The molecule has 0 saturated heterocycles. The Hall–Kier alpha value is -3.34. The summed E-state index contributed by atoms with van der Waals surface area (Å²) < 4.78 is 30.6. The second-order valence-corrected chi connectivity index (χ2v) is 8.45. The van der Waals surface area contributed by atoms with E-state index >= 15 is 0 Å². The number of unbranched alkanes of at least 4 members (excludes halogenated alkanes) is 3. The highest BCUT2D eigenvalue weighted by molar-refractivity contribution is 5.76. The van der Waals surface area contributed by atoms with Gasteiger partial charge >= 0.3 is 24.2 Å². The predicted molar refractivity (Wildman–Crippen MR) is 138 cm³/mol. The van der Waals surface area contributed by atoms with Crippen LogP contribution in [0.3, 0.4) is 0 Å².